The van der Waals surface area contributed by atoms with Crippen molar-refractivity contribution in [3.63, 3.8) is 0 Å². The third-order valence-electron chi connectivity index (χ3n) is 7.30. The van der Waals surface area contributed by atoms with Crippen LogP contribution in [-0.4, -0.2) is 30.1 Å². The molecule has 2 aromatic rings. The first-order valence-corrected chi connectivity index (χ1v) is 14.4. The molecule has 5 rings (SSSR count). The van der Waals surface area contributed by atoms with Crippen LogP contribution in [0.3, 0.4) is 0 Å². The lowest BCUT2D eigenvalue weighted by Gasteiger charge is -2.42. The smallest absolute Gasteiger partial charge is 0.174 e. The summed E-state index contributed by atoms with van der Waals surface area (Å²) in [7, 11) is 2.01. The minimum absolute atomic E-state index is 0.133. The van der Waals surface area contributed by atoms with Gasteiger partial charge < -0.3 is 14.4 Å². The van der Waals surface area contributed by atoms with Gasteiger partial charge in [-0.15, -0.1) is 0 Å². The second kappa shape index (κ2) is 11.0. The standard InChI is InChI=1S/C29H28Cl2INO4/c1-3-36-25-13-17(12-20(32)29(25)37-15-16-10-11-18(30)14-19(16)31)26-27-21(6-4-8-23(27)34)33(2)22-7-5-9-24(35)28(22)26/h10-14,26H,3-9,15H2,1-2H3. The Bertz CT molecular complexity index is 1310. The number of hydrogen-bond acceptors (Lipinski definition) is 5. The van der Waals surface area contributed by atoms with Gasteiger partial charge in [0.05, 0.1) is 10.2 Å². The van der Waals surface area contributed by atoms with Crippen molar-refractivity contribution in [2.75, 3.05) is 13.7 Å². The minimum atomic E-state index is -0.380. The van der Waals surface area contributed by atoms with Crippen molar-refractivity contribution >= 4 is 57.4 Å². The van der Waals surface area contributed by atoms with Gasteiger partial charge in [0.1, 0.15) is 6.61 Å². The first-order valence-electron chi connectivity index (χ1n) is 12.6. The van der Waals surface area contributed by atoms with Crippen LogP contribution in [0.1, 0.15) is 62.5 Å². The van der Waals surface area contributed by atoms with Crippen LogP contribution in [0.15, 0.2) is 52.9 Å². The predicted molar refractivity (Wildman–Crippen MR) is 153 cm³/mol. The number of halogens is 3. The summed E-state index contributed by atoms with van der Waals surface area (Å²) < 4.78 is 13.1. The van der Waals surface area contributed by atoms with Crippen LogP contribution in [-0.2, 0) is 16.2 Å². The lowest BCUT2D eigenvalue weighted by atomic mass is 9.71. The largest absolute Gasteiger partial charge is 0.490 e. The van der Waals surface area contributed by atoms with Crippen LogP contribution in [0, 0.1) is 3.57 Å². The fourth-order valence-corrected chi connectivity index (χ4v) is 6.88. The summed E-state index contributed by atoms with van der Waals surface area (Å²) in [4.78, 5) is 28.8. The molecule has 0 saturated heterocycles. The molecule has 5 nitrogen and oxygen atoms in total. The molecule has 2 aromatic carbocycles. The van der Waals surface area contributed by atoms with Gasteiger partial charge in [-0.2, -0.15) is 0 Å². The number of carbonyl (C=O) groups excluding carboxylic acids is 2. The number of benzene rings is 2. The van der Waals surface area contributed by atoms with Crippen LogP contribution in [0.25, 0.3) is 0 Å². The first kappa shape index (κ1) is 26.6. The van der Waals surface area contributed by atoms with Crippen LogP contribution in [0.5, 0.6) is 11.5 Å². The molecule has 0 spiro atoms. The van der Waals surface area contributed by atoms with E-state index in [0.717, 1.165) is 62.9 Å². The Hall–Kier alpha value is -2.03. The van der Waals surface area contributed by atoms with Gasteiger partial charge in [0.15, 0.2) is 23.1 Å². The highest BCUT2D eigenvalue weighted by atomic mass is 127. The zero-order chi connectivity index (χ0) is 26.3. The number of rotatable bonds is 6. The molecule has 0 N–H and O–H groups in total. The Labute approximate surface area is 240 Å². The maximum absolute atomic E-state index is 13.3. The second-order valence-electron chi connectivity index (χ2n) is 9.55. The summed E-state index contributed by atoms with van der Waals surface area (Å²) in [5.41, 5.74) is 5.35. The number of nitrogens with zero attached hydrogens (tertiary/aromatic N) is 1. The van der Waals surface area contributed by atoms with Crippen LogP contribution < -0.4 is 9.47 Å². The van der Waals surface area contributed by atoms with Crippen molar-refractivity contribution in [2.24, 2.45) is 0 Å². The van der Waals surface area contributed by atoms with Crippen molar-refractivity contribution in [1.29, 1.82) is 0 Å². The Morgan fingerprint density at radius 2 is 1.59 bits per heavy atom. The Morgan fingerprint density at radius 3 is 2.19 bits per heavy atom. The average molecular weight is 652 g/mol. The van der Waals surface area contributed by atoms with Crippen molar-refractivity contribution in [3.05, 3.63) is 77.6 Å². The van der Waals surface area contributed by atoms with E-state index < -0.39 is 0 Å². The van der Waals surface area contributed by atoms with Crippen molar-refractivity contribution in [2.45, 2.75) is 58.0 Å². The summed E-state index contributed by atoms with van der Waals surface area (Å²) in [5.74, 6) is 1.08. The molecule has 1 aliphatic heterocycles. The minimum Gasteiger partial charge on any atom is -0.490 e. The van der Waals surface area contributed by atoms with E-state index in [1.54, 1.807) is 12.1 Å². The molecule has 8 heteroatoms. The number of allylic oxidation sites excluding steroid dienone is 4. The normalized spacial score (nSPS) is 18.2. The Balaban J connectivity index is 1.59. The summed E-state index contributed by atoms with van der Waals surface area (Å²) >= 11 is 14.6. The fraction of sp³-hybridized carbons (Fsp3) is 0.379. The lowest BCUT2D eigenvalue weighted by molar-refractivity contribution is -0.117. The summed E-state index contributed by atoms with van der Waals surface area (Å²) in [6, 6.07) is 9.29. The van der Waals surface area contributed by atoms with E-state index in [0.29, 0.717) is 41.0 Å². The van der Waals surface area contributed by atoms with Gasteiger partial charge in [-0.05, 0) is 85.0 Å². The molecule has 1 heterocycles. The van der Waals surface area contributed by atoms with Gasteiger partial charge in [0, 0.05) is 64.0 Å². The fourth-order valence-electron chi connectivity index (χ4n) is 5.63. The molecule has 0 unspecified atom stereocenters. The Morgan fingerprint density at radius 1 is 0.946 bits per heavy atom. The number of Topliss-reactive ketones (excluding diaryl/α,β-unsaturated/α-hetero) is 2. The van der Waals surface area contributed by atoms with E-state index in [4.69, 9.17) is 32.7 Å². The van der Waals surface area contributed by atoms with Crippen molar-refractivity contribution < 1.29 is 19.1 Å². The molecule has 0 atom stereocenters. The van der Waals surface area contributed by atoms with Gasteiger partial charge >= 0.3 is 0 Å². The molecule has 0 amide bonds. The van der Waals surface area contributed by atoms with E-state index in [1.165, 1.54) is 0 Å². The number of ether oxygens (including phenoxy) is 2. The second-order valence-corrected chi connectivity index (χ2v) is 11.6. The van der Waals surface area contributed by atoms with E-state index in [9.17, 15) is 9.59 Å². The molecule has 0 fully saturated rings. The van der Waals surface area contributed by atoms with E-state index in [1.807, 2.05) is 32.2 Å². The maximum atomic E-state index is 13.3. The third-order valence-corrected chi connectivity index (χ3v) is 8.68. The van der Waals surface area contributed by atoms with Gasteiger partial charge in [-0.1, -0.05) is 29.3 Å². The molecule has 194 valence electrons. The number of ketones is 2. The molecule has 0 saturated carbocycles. The van der Waals surface area contributed by atoms with Gasteiger partial charge in [-0.3, -0.25) is 9.59 Å². The predicted octanol–water partition coefficient (Wildman–Crippen LogP) is 7.62. The number of hydrogen-bond donors (Lipinski definition) is 0. The van der Waals surface area contributed by atoms with Crippen molar-refractivity contribution in [1.82, 2.24) is 4.90 Å². The molecule has 0 aromatic heterocycles. The molecule has 0 radical (unpaired) electrons. The third kappa shape index (κ3) is 5.04. The summed E-state index contributed by atoms with van der Waals surface area (Å²) in [6.07, 6.45) is 4.39. The Kier molecular flexibility index (Phi) is 7.89. The monoisotopic (exact) mass is 651 g/mol. The zero-order valence-electron chi connectivity index (χ0n) is 20.8. The topological polar surface area (TPSA) is 55.8 Å². The van der Waals surface area contributed by atoms with E-state index in [-0.39, 0.29) is 24.1 Å². The highest BCUT2D eigenvalue weighted by Gasteiger charge is 2.42. The SMILES string of the molecule is CCOc1cc(C2C3=C(CCCC3=O)N(C)C3=C2C(=O)CCC3)cc(I)c1OCc1ccc(Cl)cc1Cl. The highest BCUT2D eigenvalue weighted by Crippen LogP contribution is 2.50. The summed E-state index contributed by atoms with van der Waals surface area (Å²) in [5, 5.41) is 1.10. The lowest BCUT2D eigenvalue weighted by Crippen LogP contribution is -2.37. The van der Waals surface area contributed by atoms with Crippen LogP contribution >= 0.6 is 45.8 Å². The number of carbonyl (C=O) groups is 2. The molecular weight excluding hydrogens is 624 g/mol. The zero-order valence-corrected chi connectivity index (χ0v) is 24.5. The first-order chi connectivity index (χ1) is 17.8. The van der Waals surface area contributed by atoms with Crippen LogP contribution in [0.2, 0.25) is 10.0 Å². The van der Waals surface area contributed by atoms with E-state index >= 15 is 0 Å². The highest BCUT2D eigenvalue weighted by molar-refractivity contribution is 14.1. The van der Waals surface area contributed by atoms with Crippen LogP contribution in [0.4, 0.5) is 0 Å². The summed E-state index contributed by atoms with van der Waals surface area (Å²) in [6.45, 7) is 2.62. The average Bonchev–Trinajstić information content (AvgIpc) is 2.86. The molecule has 37 heavy (non-hydrogen) atoms. The van der Waals surface area contributed by atoms with Gasteiger partial charge in [0.2, 0.25) is 0 Å². The molecule has 3 aliphatic rings. The molecular formula is C29H28Cl2INO4. The maximum Gasteiger partial charge on any atom is 0.174 e. The molecule has 2 aliphatic carbocycles. The van der Waals surface area contributed by atoms with E-state index in [2.05, 4.69) is 27.5 Å². The molecule has 0 bridgehead atoms. The van der Waals surface area contributed by atoms with Gasteiger partial charge in [-0.25, -0.2) is 0 Å². The van der Waals surface area contributed by atoms with Crippen molar-refractivity contribution in [3.8, 4) is 11.5 Å². The van der Waals surface area contributed by atoms with Gasteiger partial charge in [0.25, 0.3) is 0 Å². The quantitative estimate of drug-likeness (QED) is 0.301.